The summed E-state index contributed by atoms with van der Waals surface area (Å²) in [6.45, 7) is 0. The van der Waals surface area contributed by atoms with Crippen LogP contribution in [0.5, 0.6) is 5.75 Å². The molecule has 0 spiro atoms. The van der Waals surface area contributed by atoms with Gasteiger partial charge in [-0.15, -0.1) is 0 Å². The maximum atomic E-state index is 13.3. The Morgan fingerprint density at radius 1 is 0.533 bits per heavy atom. The predicted octanol–water partition coefficient (Wildman–Crippen LogP) is 11.0. The molecule has 0 aliphatic carbocycles. The Bertz CT molecular complexity index is 2360. The fourth-order valence-electron chi connectivity index (χ4n) is 6.04. The minimum atomic E-state index is -5.93. The van der Waals surface area contributed by atoms with Gasteiger partial charge in [-0.3, -0.25) is 0 Å². The first-order valence-electron chi connectivity index (χ1n) is 14.0. The van der Waals surface area contributed by atoms with Gasteiger partial charge >= 0.3 is 15.6 Å². The van der Waals surface area contributed by atoms with Crippen LogP contribution in [0, 0.1) is 0 Å². The van der Waals surface area contributed by atoms with Gasteiger partial charge in [-0.2, -0.15) is 21.6 Å². The van der Waals surface area contributed by atoms with E-state index in [1.807, 2.05) is 66.7 Å². The molecule has 0 saturated heterocycles. The summed E-state index contributed by atoms with van der Waals surface area (Å²) in [6, 6.07) is 41.6. The van der Waals surface area contributed by atoms with Gasteiger partial charge in [0.05, 0.1) is 0 Å². The number of halogens is 4. The Morgan fingerprint density at radius 2 is 1.09 bits per heavy atom. The van der Waals surface area contributed by atoms with Gasteiger partial charge in [0.1, 0.15) is 0 Å². The van der Waals surface area contributed by atoms with E-state index in [-0.39, 0.29) is 10.6 Å². The van der Waals surface area contributed by atoms with Crippen molar-refractivity contribution in [3.63, 3.8) is 0 Å². The average Bonchev–Trinajstić information content (AvgIpc) is 3.04. The molecular weight excluding hydrogens is 617 g/mol. The van der Waals surface area contributed by atoms with Crippen molar-refractivity contribution >= 4 is 54.0 Å². The summed E-state index contributed by atoms with van der Waals surface area (Å²) >= 11 is 6.31. The third kappa shape index (κ3) is 4.98. The normalized spacial score (nSPS) is 12.2. The number of fused-ring (bicyclic) bond motifs is 4. The van der Waals surface area contributed by atoms with Gasteiger partial charge in [0.15, 0.2) is 5.75 Å². The first-order chi connectivity index (χ1) is 21.6. The topological polar surface area (TPSA) is 43.4 Å². The van der Waals surface area contributed by atoms with E-state index in [4.69, 9.17) is 11.6 Å². The quantitative estimate of drug-likeness (QED) is 0.0815. The van der Waals surface area contributed by atoms with Crippen molar-refractivity contribution in [1.29, 1.82) is 0 Å². The van der Waals surface area contributed by atoms with Gasteiger partial charge in [0.2, 0.25) is 0 Å². The summed E-state index contributed by atoms with van der Waals surface area (Å²) in [5.74, 6) is -0.476. The molecule has 0 N–H and O–H groups in total. The number of rotatable bonds is 5. The predicted molar refractivity (Wildman–Crippen MR) is 176 cm³/mol. The van der Waals surface area contributed by atoms with Crippen LogP contribution in [0.1, 0.15) is 0 Å². The summed E-state index contributed by atoms with van der Waals surface area (Å²) in [6.07, 6.45) is 0. The highest BCUT2D eigenvalue weighted by atomic mass is 35.5. The largest absolute Gasteiger partial charge is 0.534 e. The first-order valence-corrected chi connectivity index (χ1v) is 15.7. The van der Waals surface area contributed by atoms with Crippen LogP contribution in [0.2, 0.25) is 5.02 Å². The van der Waals surface area contributed by atoms with E-state index in [9.17, 15) is 21.6 Å². The van der Waals surface area contributed by atoms with Crippen LogP contribution < -0.4 is 4.18 Å². The van der Waals surface area contributed by atoms with E-state index in [0.29, 0.717) is 10.9 Å². The van der Waals surface area contributed by atoms with Crippen LogP contribution >= 0.6 is 11.6 Å². The van der Waals surface area contributed by atoms with Crippen molar-refractivity contribution < 1.29 is 25.8 Å². The number of alkyl halides is 3. The van der Waals surface area contributed by atoms with Gasteiger partial charge < -0.3 is 4.18 Å². The lowest BCUT2D eigenvalue weighted by molar-refractivity contribution is -0.0499. The second-order valence-corrected chi connectivity index (χ2v) is 12.5. The van der Waals surface area contributed by atoms with E-state index in [0.717, 1.165) is 55.3 Å². The highest BCUT2D eigenvalue weighted by molar-refractivity contribution is 7.88. The second-order valence-electron chi connectivity index (χ2n) is 10.5. The molecule has 8 heteroatoms. The van der Waals surface area contributed by atoms with Gasteiger partial charge in [-0.05, 0) is 78.3 Å². The molecule has 0 aliphatic heterocycles. The van der Waals surface area contributed by atoms with E-state index >= 15 is 0 Å². The van der Waals surface area contributed by atoms with Crippen molar-refractivity contribution in [1.82, 2.24) is 0 Å². The van der Waals surface area contributed by atoms with E-state index in [1.54, 1.807) is 12.1 Å². The molecule has 0 unspecified atom stereocenters. The molecule has 0 heterocycles. The van der Waals surface area contributed by atoms with Gasteiger partial charge in [0, 0.05) is 10.6 Å². The Labute approximate surface area is 262 Å². The lowest BCUT2D eigenvalue weighted by Gasteiger charge is -2.20. The van der Waals surface area contributed by atoms with Crippen LogP contribution in [0.25, 0.3) is 65.7 Å². The minimum Gasteiger partial charge on any atom is -0.375 e. The molecule has 45 heavy (non-hydrogen) atoms. The molecular formula is C37H22ClF3O3S. The molecule has 0 bridgehead atoms. The smallest absolute Gasteiger partial charge is 0.375 e. The molecule has 0 saturated carbocycles. The zero-order chi connectivity index (χ0) is 31.3. The molecule has 3 nitrogen and oxygen atoms in total. The molecule has 0 fully saturated rings. The lowest BCUT2D eigenvalue weighted by Crippen LogP contribution is -2.28. The molecule has 0 amide bonds. The fraction of sp³-hybridized carbons (Fsp3) is 0.0270. The first kappa shape index (κ1) is 28.9. The Hall–Kier alpha value is -4.85. The van der Waals surface area contributed by atoms with E-state index < -0.39 is 21.4 Å². The zero-order valence-electron chi connectivity index (χ0n) is 23.3. The average molecular weight is 639 g/mol. The summed E-state index contributed by atoms with van der Waals surface area (Å²) in [5, 5.41) is 5.78. The summed E-state index contributed by atoms with van der Waals surface area (Å²) in [5.41, 5.74) is -0.917. The maximum Gasteiger partial charge on any atom is 0.534 e. The second kappa shape index (κ2) is 10.9. The molecule has 0 aliphatic rings. The standard InChI is InChI=1S/C37H22ClF3O3S/c38-25-18-21-33(44-45(42,43)37(39,40)41)32(22-25)26-16-9-17-28-27(26)19-20-31-34(23-10-3-1-4-11-23)29-14-7-8-15-30(29)35(36(28)31)24-12-5-2-6-13-24/h1-22H. The third-order valence-electron chi connectivity index (χ3n) is 7.89. The van der Waals surface area contributed by atoms with E-state index in [2.05, 4.69) is 40.6 Å². The summed E-state index contributed by atoms with van der Waals surface area (Å²) in [4.78, 5) is 0. The number of benzene rings is 7. The highest BCUT2D eigenvalue weighted by Gasteiger charge is 2.48. The van der Waals surface area contributed by atoms with E-state index in [1.165, 1.54) is 12.1 Å². The van der Waals surface area contributed by atoms with Gasteiger partial charge in [-0.1, -0.05) is 127 Å². The van der Waals surface area contributed by atoms with Crippen LogP contribution in [0.3, 0.4) is 0 Å². The number of hydrogen-bond acceptors (Lipinski definition) is 3. The molecule has 0 aromatic heterocycles. The lowest BCUT2D eigenvalue weighted by atomic mass is 9.83. The van der Waals surface area contributed by atoms with Crippen molar-refractivity contribution in [2.45, 2.75) is 5.51 Å². The summed E-state index contributed by atoms with van der Waals surface area (Å²) in [7, 11) is -5.93. The SMILES string of the molecule is O=S(=O)(Oc1ccc(Cl)cc1-c1cccc2c1ccc1c(-c3ccccc3)c3ccccc3c(-c3ccccc3)c12)C(F)(F)F. The molecule has 7 rings (SSSR count). The zero-order valence-corrected chi connectivity index (χ0v) is 24.9. The highest BCUT2D eigenvalue weighted by Crippen LogP contribution is 2.48. The van der Waals surface area contributed by atoms with Crippen molar-refractivity contribution in [2.24, 2.45) is 0 Å². The monoisotopic (exact) mass is 638 g/mol. The molecule has 7 aromatic rings. The molecule has 0 radical (unpaired) electrons. The molecule has 0 atom stereocenters. The molecule has 7 aromatic carbocycles. The van der Waals surface area contributed by atoms with Crippen molar-refractivity contribution in [2.75, 3.05) is 0 Å². The minimum absolute atomic E-state index is 0.116. The van der Waals surface area contributed by atoms with Crippen LogP contribution in [-0.4, -0.2) is 13.9 Å². The van der Waals surface area contributed by atoms with Gasteiger partial charge in [-0.25, -0.2) is 0 Å². The maximum absolute atomic E-state index is 13.3. The third-order valence-corrected chi connectivity index (χ3v) is 9.09. The Kier molecular flexibility index (Phi) is 7.03. The summed E-state index contributed by atoms with van der Waals surface area (Å²) < 4.78 is 68.7. The van der Waals surface area contributed by atoms with Crippen molar-refractivity contribution in [3.05, 3.63) is 138 Å². The van der Waals surface area contributed by atoms with Crippen LogP contribution in [0.15, 0.2) is 133 Å². The Morgan fingerprint density at radius 3 is 1.73 bits per heavy atom. The Balaban J connectivity index is 1.62. The van der Waals surface area contributed by atoms with Gasteiger partial charge in [0.25, 0.3) is 0 Å². The number of hydrogen-bond donors (Lipinski definition) is 0. The van der Waals surface area contributed by atoms with Crippen LogP contribution in [-0.2, 0) is 10.1 Å². The molecule has 222 valence electrons. The van der Waals surface area contributed by atoms with Crippen molar-refractivity contribution in [3.8, 4) is 39.1 Å². The van der Waals surface area contributed by atoms with Crippen LogP contribution in [0.4, 0.5) is 13.2 Å². The fourth-order valence-corrected chi connectivity index (χ4v) is 6.69.